The first-order valence-electron chi connectivity index (χ1n) is 11.7. The van der Waals surface area contributed by atoms with Gasteiger partial charge in [-0.1, -0.05) is 26.0 Å². The number of rotatable bonds is 5. The van der Waals surface area contributed by atoms with Gasteiger partial charge in [0.2, 0.25) is 0 Å². The first-order chi connectivity index (χ1) is 17.0. The fourth-order valence-electron chi connectivity index (χ4n) is 2.62. The van der Waals surface area contributed by atoms with Crippen molar-refractivity contribution < 1.29 is 13.9 Å². The van der Waals surface area contributed by atoms with Crippen LogP contribution in [0.2, 0.25) is 0 Å². The molecule has 7 heteroatoms. The Hall–Kier alpha value is -3.74. The van der Waals surface area contributed by atoms with Crippen LogP contribution in [0, 0.1) is 13.8 Å². The Morgan fingerprint density at radius 1 is 1.06 bits per heavy atom. The van der Waals surface area contributed by atoms with E-state index in [1.807, 2.05) is 40.0 Å². The Kier molecular flexibility index (Phi) is 15.1. The lowest BCUT2D eigenvalue weighted by Gasteiger charge is -2.10. The Balaban J connectivity index is 0.000000615. The number of aromatic amines is 1. The molecule has 1 aromatic carbocycles. The molecule has 3 rings (SSSR count). The van der Waals surface area contributed by atoms with Crippen molar-refractivity contribution in [3.05, 3.63) is 83.7 Å². The zero-order chi connectivity index (χ0) is 27.8. The number of halogens is 1. The van der Waals surface area contributed by atoms with E-state index in [-0.39, 0.29) is 5.83 Å². The zero-order valence-corrected chi connectivity index (χ0v) is 23.4. The van der Waals surface area contributed by atoms with E-state index in [9.17, 15) is 4.39 Å². The van der Waals surface area contributed by atoms with E-state index in [0.29, 0.717) is 11.3 Å². The largest absolute Gasteiger partial charge is 0.497 e. The average molecular weight is 497 g/mol. The maximum Gasteiger partial charge on any atom is 0.130 e. The average Bonchev–Trinajstić information content (AvgIpc) is 3.40. The molecule has 0 bridgehead atoms. The number of ether oxygens (including phenoxy) is 2. The molecule has 0 aliphatic rings. The molecule has 0 spiro atoms. The number of methoxy groups -OCH3 is 2. The fraction of sp³-hybridized carbons (Fsp3) is 0.345. The van der Waals surface area contributed by atoms with Crippen molar-refractivity contribution in [2.45, 2.75) is 55.4 Å². The van der Waals surface area contributed by atoms with E-state index >= 15 is 0 Å². The number of hydrogen-bond donors (Lipinski definition) is 1. The molecule has 6 nitrogen and oxygen atoms in total. The molecule has 2 heterocycles. The molecule has 0 fully saturated rings. The Morgan fingerprint density at radius 2 is 1.67 bits per heavy atom. The number of benzene rings is 1. The summed E-state index contributed by atoms with van der Waals surface area (Å²) in [6.45, 7) is 22.5. The van der Waals surface area contributed by atoms with Crippen molar-refractivity contribution in [2.75, 3.05) is 14.2 Å². The zero-order valence-electron chi connectivity index (χ0n) is 23.4. The highest BCUT2D eigenvalue weighted by atomic mass is 19.1. The van der Waals surface area contributed by atoms with Crippen LogP contribution in [0.3, 0.4) is 0 Å². The van der Waals surface area contributed by atoms with Crippen molar-refractivity contribution in [3.8, 4) is 17.0 Å². The SMILES string of the molecule is C=C(C)C.C=C/C(=C\C(F)=C(C)C)OC.CC.COc1cc2ncc(C)c(C)c2cc1-c1cn[nH]n1. The number of aromatic nitrogens is 4. The van der Waals surface area contributed by atoms with Crippen LogP contribution < -0.4 is 4.74 Å². The standard InChI is InChI=1S/C14H14N4O.C9H13FO.C4H8.C2H6/c1-8-6-15-12-5-14(19-3)11(4-10(12)9(8)2)13-7-16-18-17-13;1-5-8(11-4)6-9(10)7(2)3;1-4(2)3;1-2/h4-7H,1-3H3,(H,16,17,18);5-6H,1H2,2-4H3;1H2,2-3H3;1-2H3/b;8-6+;;. The highest BCUT2D eigenvalue weighted by molar-refractivity contribution is 5.90. The minimum Gasteiger partial charge on any atom is -0.497 e. The number of fused-ring (bicyclic) bond motifs is 1. The summed E-state index contributed by atoms with van der Waals surface area (Å²) in [6.07, 6.45) is 6.33. The molecule has 0 atom stereocenters. The van der Waals surface area contributed by atoms with E-state index in [1.165, 1.54) is 36.0 Å². The molecular formula is C29H41FN4O2. The summed E-state index contributed by atoms with van der Waals surface area (Å²) in [6, 6.07) is 3.99. The molecule has 0 unspecified atom stereocenters. The van der Waals surface area contributed by atoms with Crippen molar-refractivity contribution in [1.29, 1.82) is 0 Å². The lowest BCUT2D eigenvalue weighted by Crippen LogP contribution is -1.93. The van der Waals surface area contributed by atoms with Crippen LogP contribution in [0.25, 0.3) is 22.2 Å². The normalized spacial score (nSPS) is 9.92. The predicted octanol–water partition coefficient (Wildman–Crippen LogP) is 8.22. The smallest absolute Gasteiger partial charge is 0.130 e. The van der Waals surface area contributed by atoms with Gasteiger partial charge in [-0.3, -0.25) is 4.98 Å². The summed E-state index contributed by atoms with van der Waals surface area (Å²) in [5.74, 6) is 0.905. The molecule has 3 aromatic rings. The van der Waals surface area contributed by atoms with Crippen LogP contribution in [-0.4, -0.2) is 34.6 Å². The number of H-pyrrole nitrogens is 1. The minimum absolute atomic E-state index is 0.276. The summed E-state index contributed by atoms with van der Waals surface area (Å²) in [4.78, 5) is 4.45. The van der Waals surface area contributed by atoms with Gasteiger partial charge in [-0.25, -0.2) is 4.39 Å². The lowest BCUT2D eigenvalue weighted by atomic mass is 10.0. The second-order valence-corrected chi connectivity index (χ2v) is 8.00. The summed E-state index contributed by atoms with van der Waals surface area (Å²) < 4.78 is 23.0. The van der Waals surface area contributed by atoms with Gasteiger partial charge < -0.3 is 9.47 Å². The number of pyridine rings is 1. The topological polar surface area (TPSA) is 72.9 Å². The molecule has 0 saturated carbocycles. The molecule has 0 saturated heterocycles. The maximum absolute atomic E-state index is 12.8. The molecule has 2 aromatic heterocycles. The second kappa shape index (κ2) is 16.8. The van der Waals surface area contributed by atoms with Gasteiger partial charge in [0.1, 0.15) is 23.0 Å². The lowest BCUT2D eigenvalue weighted by molar-refractivity contribution is 0.305. The Bertz CT molecular complexity index is 1170. The number of nitrogens with one attached hydrogen (secondary N) is 1. The van der Waals surface area contributed by atoms with E-state index in [4.69, 9.17) is 9.47 Å². The van der Waals surface area contributed by atoms with Crippen LogP contribution >= 0.6 is 0 Å². The van der Waals surface area contributed by atoms with E-state index in [2.05, 4.69) is 53.5 Å². The molecule has 0 aliphatic heterocycles. The molecule has 1 N–H and O–H groups in total. The van der Waals surface area contributed by atoms with Crippen molar-refractivity contribution in [1.82, 2.24) is 20.4 Å². The van der Waals surface area contributed by atoms with Crippen LogP contribution in [0.15, 0.2) is 72.6 Å². The van der Waals surface area contributed by atoms with E-state index in [0.717, 1.165) is 27.9 Å². The van der Waals surface area contributed by atoms with Gasteiger partial charge in [0.25, 0.3) is 0 Å². The van der Waals surface area contributed by atoms with Crippen LogP contribution in [0.5, 0.6) is 5.75 Å². The predicted molar refractivity (Wildman–Crippen MR) is 150 cm³/mol. The van der Waals surface area contributed by atoms with Gasteiger partial charge in [0, 0.05) is 29.3 Å². The molecular weight excluding hydrogens is 455 g/mol. The maximum atomic E-state index is 12.8. The van der Waals surface area contributed by atoms with Crippen molar-refractivity contribution in [3.63, 3.8) is 0 Å². The van der Waals surface area contributed by atoms with Crippen LogP contribution in [0.4, 0.5) is 4.39 Å². The van der Waals surface area contributed by atoms with E-state index < -0.39 is 0 Å². The fourth-order valence-corrected chi connectivity index (χ4v) is 2.62. The van der Waals surface area contributed by atoms with Gasteiger partial charge in [-0.2, -0.15) is 15.4 Å². The monoisotopic (exact) mass is 496 g/mol. The van der Waals surface area contributed by atoms with Crippen molar-refractivity contribution in [2.24, 2.45) is 0 Å². The molecule has 0 aliphatic carbocycles. The minimum atomic E-state index is -0.276. The first-order valence-corrected chi connectivity index (χ1v) is 11.7. The van der Waals surface area contributed by atoms with Gasteiger partial charge in [-0.05, 0) is 70.4 Å². The Morgan fingerprint density at radius 3 is 2.11 bits per heavy atom. The van der Waals surface area contributed by atoms with Gasteiger partial charge in [0.15, 0.2) is 0 Å². The third-order valence-corrected chi connectivity index (χ3v) is 4.59. The summed E-state index contributed by atoms with van der Waals surface area (Å²) in [7, 11) is 3.12. The number of hydrogen-bond acceptors (Lipinski definition) is 5. The number of nitrogens with zero attached hydrogens (tertiary/aromatic N) is 3. The molecule has 0 radical (unpaired) electrons. The molecule has 196 valence electrons. The van der Waals surface area contributed by atoms with Gasteiger partial charge in [-0.15, -0.1) is 6.58 Å². The van der Waals surface area contributed by atoms with Crippen molar-refractivity contribution >= 4 is 10.9 Å². The second-order valence-electron chi connectivity index (χ2n) is 8.00. The highest BCUT2D eigenvalue weighted by Gasteiger charge is 2.12. The Labute approximate surface area is 215 Å². The summed E-state index contributed by atoms with van der Waals surface area (Å²) in [5.41, 5.74) is 6.79. The van der Waals surface area contributed by atoms with Gasteiger partial charge in [0.05, 0.1) is 25.9 Å². The van der Waals surface area contributed by atoms with Gasteiger partial charge >= 0.3 is 0 Å². The van der Waals surface area contributed by atoms with Crippen LogP contribution in [-0.2, 0) is 4.74 Å². The summed E-state index contributed by atoms with van der Waals surface area (Å²) in [5, 5.41) is 11.7. The highest BCUT2D eigenvalue weighted by Crippen LogP contribution is 2.33. The quantitative estimate of drug-likeness (QED) is 0.219. The third-order valence-electron chi connectivity index (χ3n) is 4.59. The number of allylic oxidation sites excluding steroid dienone is 5. The third kappa shape index (κ3) is 10.3. The number of aryl methyl sites for hydroxylation is 2. The molecule has 36 heavy (non-hydrogen) atoms. The summed E-state index contributed by atoms with van der Waals surface area (Å²) >= 11 is 0. The van der Waals surface area contributed by atoms with Crippen LogP contribution in [0.1, 0.15) is 52.7 Å². The first kappa shape index (κ1) is 32.3. The van der Waals surface area contributed by atoms with E-state index in [1.54, 1.807) is 27.2 Å². The molecule has 0 amide bonds.